The molecule has 1 unspecified atom stereocenters. The molecule has 0 N–H and O–H groups in total. The molecule has 0 bridgehead atoms. The number of rotatable bonds is 6. The molecule has 0 saturated carbocycles. The van der Waals surface area contributed by atoms with E-state index in [2.05, 4.69) is 4.74 Å². The molecule has 0 fully saturated rings. The zero-order valence-corrected chi connectivity index (χ0v) is 15.2. The quantitative estimate of drug-likeness (QED) is 0.537. The number of ether oxygens (including phenoxy) is 2. The van der Waals surface area contributed by atoms with E-state index < -0.39 is 23.5 Å². The topological polar surface area (TPSA) is 18.5 Å². The molecule has 0 aliphatic heterocycles. The first-order chi connectivity index (χ1) is 12.0. The summed E-state index contributed by atoms with van der Waals surface area (Å²) in [4.78, 5) is 0. The summed E-state index contributed by atoms with van der Waals surface area (Å²) in [5.74, 6) is -0.648. The zero-order chi connectivity index (χ0) is 19.5. The zero-order valence-electron chi connectivity index (χ0n) is 15.2. The van der Waals surface area contributed by atoms with Crippen LogP contribution in [0, 0.1) is 5.82 Å². The Kier molecular flexibility index (Phi) is 5.84. The van der Waals surface area contributed by atoms with E-state index in [1.54, 1.807) is 26.0 Å². The Morgan fingerprint density at radius 1 is 0.923 bits per heavy atom. The van der Waals surface area contributed by atoms with E-state index in [1.165, 1.54) is 30.3 Å². The van der Waals surface area contributed by atoms with Gasteiger partial charge < -0.3 is 9.47 Å². The van der Waals surface area contributed by atoms with E-state index in [0.717, 1.165) is 12.0 Å². The van der Waals surface area contributed by atoms with Crippen LogP contribution in [0.15, 0.2) is 42.5 Å². The lowest BCUT2D eigenvalue weighted by molar-refractivity contribution is -0.275. The van der Waals surface area contributed by atoms with Crippen LogP contribution in [0.5, 0.6) is 11.5 Å². The number of halogens is 4. The van der Waals surface area contributed by atoms with Crippen molar-refractivity contribution in [3.63, 3.8) is 0 Å². The maximum Gasteiger partial charge on any atom is 0.573 e. The van der Waals surface area contributed by atoms with Gasteiger partial charge in [0.2, 0.25) is 0 Å². The van der Waals surface area contributed by atoms with Gasteiger partial charge in [-0.15, -0.1) is 13.2 Å². The van der Waals surface area contributed by atoms with Gasteiger partial charge in [-0.1, -0.05) is 32.0 Å². The largest absolute Gasteiger partial charge is 0.573 e. The predicted molar refractivity (Wildman–Crippen MR) is 91.9 cm³/mol. The highest BCUT2D eigenvalue weighted by atomic mass is 19.4. The first kappa shape index (κ1) is 20.1. The van der Waals surface area contributed by atoms with Gasteiger partial charge in [-0.2, -0.15) is 0 Å². The Labute approximate surface area is 150 Å². The first-order valence-corrected chi connectivity index (χ1v) is 8.36. The Morgan fingerprint density at radius 3 is 2.08 bits per heavy atom. The van der Waals surface area contributed by atoms with Gasteiger partial charge in [0.05, 0.1) is 0 Å². The van der Waals surface area contributed by atoms with Crippen LogP contribution in [0.3, 0.4) is 0 Å². The fraction of sp³-hybridized carbons (Fsp3) is 0.400. The minimum atomic E-state index is -4.82. The van der Waals surface area contributed by atoms with Gasteiger partial charge in [0.1, 0.15) is 11.4 Å². The van der Waals surface area contributed by atoms with Crippen LogP contribution in [0.4, 0.5) is 17.6 Å². The standard InChI is InChI=1S/C20H22F4O2/c1-5-13(2)14-6-11-17(26-20(22,23)24)18(12-14)25-19(3,4)15-7-9-16(21)10-8-15/h6-13H,5H2,1-4H3. The summed E-state index contributed by atoms with van der Waals surface area (Å²) >= 11 is 0. The van der Waals surface area contributed by atoms with E-state index in [1.807, 2.05) is 13.8 Å². The van der Waals surface area contributed by atoms with Crippen molar-refractivity contribution in [1.29, 1.82) is 0 Å². The number of hydrogen-bond acceptors (Lipinski definition) is 2. The molecule has 142 valence electrons. The first-order valence-electron chi connectivity index (χ1n) is 8.36. The molecule has 26 heavy (non-hydrogen) atoms. The normalized spacial score (nSPS) is 13.4. The molecule has 2 nitrogen and oxygen atoms in total. The molecule has 0 spiro atoms. The van der Waals surface area contributed by atoms with Crippen molar-refractivity contribution >= 4 is 0 Å². The highest BCUT2D eigenvalue weighted by Gasteiger charge is 2.34. The van der Waals surface area contributed by atoms with Gasteiger partial charge >= 0.3 is 6.36 Å². The molecule has 6 heteroatoms. The summed E-state index contributed by atoms with van der Waals surface area (Å²) in [6.07, 6.45) is -3.99. The third kappa shape index (κ3) is 5.13. The molecule has 2 rings (SSSR count). The van der Waals surface area contributed by atoms with Crippen molar-refractivity contribution in [1.82, 2.24) is 0 Å². The molecule has 2 aromatic rings. The van der Waals surface area contributed by atoms with Crippen LogP contribution in [0.2, 0.25) is 0 Å². The highest BCUT2D eigenvalue weighted by molar-refractivity contribution is 5.45. The van der Waals surface area contributed by atoms with Gasteiger partial charge in [0.25, 0.3) is 0 Å². The molecule has 0 amide bonds. The van der Waals surface area contributed by atoms with Crippen molar-refractivity contribution < 1.29 is 27.0 Å². The Hall–Kier alpha value is -2.24. The van der Waals surface area contributed by atoms with Crippen molar-refractivity contribution in [2.75, 3.05) is 0 Å². The van der Waals surface area contributed by atoms with E-state index in [0.29, 0.717) is 5.56 Å². The molecule has 0 saturated heterocycles. The van der Waals surface area contributed by atoms with Crippen molar-refractivity contribution in [2.45, 2.75) is 52.0 Å². The van der Waals surface area contributed by atoms with Gasteiger partial charge in [0, 0.05) is 0 Å². The molecular formula is C20H22F4O2. The summed E-state index contributed by atoms with van der Waals surface area (Å²) in [7, 11) is 0. The van der Waals surface area contributed by atoms with E-state index in [-0.39, 0.29) is 11.7 Å². The third-order valence-electron chi connectivity index (χ3n) is 4.28. The van der Waals surface area contributed by atoms with Gasteiger partial charge in [0.15, 0.2) is 11.5 Å². The SMILES string of the molecule is CCC(C)c1ccc(OC(F)(F)F)c(OC(C)(C)c2ccc(F)cc2)c1. The van der Waals surface area contributed by atoms with E-state index >= 15 is 0 Å². The second kappa shape index (κ2) is 7.56. The Balaban J connectivity index is 2.41. The molecule has 0 aliphatic carbocycles. The van der Waals surface area contributed by atoms with Crippen LogP contribution < -0.4 is 9.47 Å². The lowest BCUT2D eigenvalue weighted by Gasteiger charge is -2.29. The van der Waals surface area contributed by atoms with Crippen molar-refractivity contribution in [3.8, 4) is 11.5 Å². The average molecular weight is 370 g/mol. The summed E-state index contributed by atoms with van der Waals surface area (Å²) < 4.78 is 61.3. The van der Waals surface area contributed by atoms with Gasteiger partial charge in [-0.25, -0.2) is 4.39 Å². The second-order valence-corrected chi connectivity index (χ2v) is 6.68. The molecule has 0 aliphatic rings. The minimum Gasteiger partial charge on any atom is -0.479 e. The van der Waals surface area contributed by atoms with Crippen molar-refractivity contribution in [3.05, 3.63) is 59.4 Å². The summed E-state index contributed by atoms with van der Waals surface area (Å²) in [5, 5.41) is 0. The van der Waals surface area contributed by atoms with Crippen LogP contribution in [-0.2, 0) is 5.60 Å². The molecule has 0 radical (unpaired) electrons. The fourth-order valence-electron chi connectivity index (χ4n) is 2.54. The Morgan fingerprint density at radius 2 is 1.54 bits per heavy atom. The summed E-state index contributed by atoms with van der Waals surface area (Å²) in [5.41, 5.74) is 0.503. The summed E-state index contributed by atoms with van der Waals surface area (Å²) in [6.45, 7) is 7.38. The monoisotopic (exact) mass is 370 g/mol. The molecule has 2 aromatic carbocycles. The fourth-order valence-corrected chi connectivity index (χ4v) is 2.54. The Bertz CT molecular complexity index is 736. The predicted octanol–water partition coefficient (Wildman–Crippen LogP) is 6.55. The molecule has 0 aromatic heterocycles. The molecular weight excluding hydrogens is 348 g/mol. The number of benzene rings is 2. The third-order valence-corrected chi connectivity index (χ3v) is 4.28. The highest BCUT2D eigenvalue weighted by Crippen LogP contribution is 2.39. The maximum absolute atomic E-state index is 13.1. The molecule has 0 heterocycles. The lowest BCUT2D eigenvalue weighted by Crippen LogP contribution is -2.26. The maximum atomic E-state index is 13.1. The van der Waals surface area contributed by atoms with Crippen LogP contribution in [0.1, 0.15) is 51.2 Å². The number of alkyl halides is 3. The van der Waals surface area contributed by atoms with Gasteiger partial charge in [-0.3, -0.25) is 0 Å². The van der Waals surface area contributed by atoms with E-state index in [4.69, 9.17) is 4.74 Å². The smallest absolute Gasteiger partial charge is 0.479 e. The van der Waals surface area contributed by atoms with Crippen molar-refractivity contribution in [2.24, 2.45) is 0 Å². The molecule has 1 atom stereocenters. The minimum absolute atomic E-state index is 0.00514. The van der Waals surface area contributed by atoms with Gasteiger partial charge in [-0.05, 0) is 61.6 Å². The number of hydrogen-bond donors (Lipinski definition) is 0. The van der Waals surface area contributed by atoms with Crippen LogP contribution >= 0.6 is 0 Å². The van der Waals surface area contributed by atoms with Crippen LogP contribution in [0.25, 0.3) is 0 Å². The van der Waals surface area contributed by atoms with Crippen LogP contribution in [-0.4, -0.2) is 6.36 Å². The average Bonchev–Trinajstić information content (AvgIpc) is 2.54. The second-order valence-electron chi connectivity index (χ2n) is 6.68. The summed E-state index contributed by atoms with van der Waals surface area (Å²) in [6, 6.07) is 10.1. The van der Waals surface area contributed by atoms with E-state index in [9.17, 15) is 17.6 Å². The lowest BCUT2D eigenvalue weighted by atomic mass is 9.96.